The second-order valence-electron chi connectivity index (χ2n) is 6.43. The van der Waals surface area contributed by atoms with Gasteiger partial charge in [-0.2, -0.15) is 0 Å². The number of halogens is 1. The van der Waals surface area contributed by atoms with E-state index in [-0.39, 0.29) is 5.82 Å². The summed E-state index contributed by atoms with van der Waals surface area (Å²) < 4.78 is 25.8. The van der Waals surface area contributed by atoms with E-state index >= 15 is 0 Å². The maximum absolute atomic E-state index is 14.3. The Morgan fingerprint density at radius 3 is 2.70 bits per heavy atom. The van der Waals surface area contributed by atoms with Crippen LogP contribution in [0.2, 0.25) is 0 Å². The minimum absolute atomic E-state index is 0.307. The van der Waals surface area contributed by atoms with E-state index in [4.69, 9.17) is 15.2 Å². The third kappa shape index (κ3) is 4.23. The van der Waals surface area contributed by atoms with Gasteiger partial charge in [0.2, 0.25) is 11.8 Å². The van der Waals surface area contributed by atoms with Crippen molar-refractivity contribution < 1.29 is 18.7 Å². The van der Waals surface area contributed by atoms with Crippen molar-refractivity contribution in [3.63, 3.8) is 0 Å². The molecule has 2 aromatic carbocycles. The molecule has 4 rings (SSSR count). The number of carbonyl (C=O) groups excluding carboxylic acids is 1. The molecule has 2 N–H and O–H groups in total. The summed E-state index contributed by atoms with van der Waals surface area (Å²) in [4.78, 5) is 20.5. The van der Waals surface area contributed by atoms with Crippen LogP contribution in [-0.2, 0) is 0 Å². The van der Waals surface area contributed by atoms with Crippen LogP contribution in [0.3, 0.4) is 0 Å². The first-order valence-electron chi connectivity index (χ1n) is 9.26. The normalized spacial score (nSPS) is 10.8. The SMILES string of the molecule is NC(=O)c1cccc(OCCCOc2ncnc3scc(-c4ccccc4F)c23)c1. The fourth-order valence-electron chi connectivity index (χ4n) is 2.99. The fourth-order valence-corrected chi connectivity index (χ4v) is 3.89. The molecule has 0 fully saturated rings. The highest BCUT2D eigenvalue weighted by Crippen LogP contribution is 2.38. The Kier molecular flexibility index (Phi) is 5.85. The molecule has 0 saturated carbocycles. The van der Waals surface area contributed by atoms with Gasteiger partial charge < -0.3 is 15.2 Å². The van der Waals surface area contributed by atoms with E-state index in [0.717, 1.165) is 4.83 Å². The predicted molar refractivity (Wildman–Crippen MR) is 113 cm³/mol. The molecule has 0 unspecified atom stereocenters. The molecule has 1 amide bonds. The summed E-state index contributed by atoms with van der Waals surface area (Å²) in [5, 5.41) is 2.56. The molecule has 152 valence electrons. The van der Waals surface area contributed by atoms with Gasteiger partial charge in [0.05, 0.1) is 18.6 Å². The molecule has 4 aromatic rings. The third-order valence-electron chi connectivity index (χ3n) is 4.41. The first kappa shape index (κ1) is 19.8. The molecule has 6 nitrogen and oxygen atoms in total. The second-order valence-corrected chi connectivity index (χ2v) is 7.29. The number of carbonyl (C=O) groups is 1. The Morgan fingerprint density at radius 1 is 1.03 bits per heavy atom. The van der Waals surface area contributed by atoms with Crippen LogP contribution in [0.1, 0.15) is 16.8 Å². The van der Waals surface area contributed by atoms with Crippen LogP contribution in [0.25, 0.3) is 21.3 Å². The van der Waals surface area contributed by atoms with Crippen molar-refractivity contribution in [3.8, 4) is 22.8 Å². The number of ether oxygens (including phenoxy) is 2. The average Bonchev–Trinajstić information content (AvgIpc) is 3.19. The number of nitrogens with two attached hydrogens (primary N) is 1. The van der Waals surface area contributed by atoms with Gasteiger partial charge in [-0.05, 0) is 24.3 Å². The van der Waals surface area contributed by atoms with E-state index in [1.54, 1.807) is 42.5 Å². The maximum Gasteiger partial charge on any atom is 0.248 e. The number of fused-ring (bicyclic) bond motifs is 1. The standard InChI is InChI=1S/C22H18FN3O3S/c23-18-8-2-1-7-16(18)17-12-30-22-19(17)21(25-13-26-22)29-10-4-9-28-15-6-3-5-14(11-15)20(24)27/h1-3,5-8,11-13H,4,9-10H2,(H2,24,27). The van der Waals surface area contributed by atoms with Crippen molar-refractivity contribution in [1.29, 1.82) is 0 Å². The van der Waals surface area contributed by atoms with Crippen LogP contribution < -0.4 is 15.2 Å². The Bertz CT molecular complexity index is 1200. The number of benzene rings is 2. The van der Waals surface area contributed by atoms with Crippen molar-refractivity contribution in [2.45, 2.75) is 6.42 Å². The molecule has 0 aliphatic heterocycles. The highest BCUT2D eigenvalue weighted by Gasteiger charge is 2.16. The Hall–Kier alpha value is -3.52. The van der Waals surface area contributed by atoms with Crippen molar-refractivity contribution in [2.24, 2.45) is 5.73 Å². The molecule has 0 atom stereocenters. The first-order valence-corrected chi connectivity index (χ1v) is 10.1. The van der Waals surface area contributed by atoms with Gasteiger partial charge >= 0.3 is 0 Å². The minimum atomic E-state index is -0.502. The van der Waals surface area contributed by atoms with Crippen molar-refractivity contribution in [2.75, 3.05) is 13.2 Å². The monoisotopic (exact) mass is 423 g/mol. The molecule has 0 saturated heterocycles. The fraction of sp³-hybridized carbons (Fsp3) is 0.136. The number of aromatic nitrogens is 2. The lowest BCUT2D eigenvalue weighted by Gasteiger charge is -2.10. The molecular weight excluding hydrogens is 405 g/mol. The Morgan fingerprint density at radius 2 is 1.87 bits per heavy atom. The van der Waals surface area contributed by atoms with Gasteiger partial charge in [-0.15, -0.1) is 11.3 Å². The molecule has 2 aromatic heterocycles. The number of hydrogen-bond acceptors (Lipinski definition) is 6. The van der Waals surface area contributed by atoms with Crippen molar-refractivity contribution in [3.05, 3.63) is 71.6 Å². The second kappa shape index (κ2) is 8.87. The summed E-state index contributed by atoms with van der Waals surface area (Å²) in [6, 6.07) is 13.3. The third-order valence-corrected chi connectivity index (χ3v) is 5.30. The molecule has 0 aliphatic carbocycles. The van der Waals surface area contributed by atoms with Gasteiger partial charge in [-0.25, -0.2) is 14.4 Å². The van der Waals surface area contributed by atoms with Crippen molar-refractivity contribution >= 4 is 27.5 Å². The number of amides is 1. The van der Waals surface area contributed by atoms with Gasteiger partial charge in [-0.3, -0.25) is 4.79 Å². The lowest BCUT2D eigenvalue weighted by molar-refractivity contribution is 0.0999. The zero-order valence-electron chi connectivity index (χ0n) is 15.9. The predicted octanol–water partition coefficient (Wildman–Crippen LogP) is 4.44. The number of nitrogens with zero attached hydrogens (tertiary/aromatic N) is 2. The molecule has 0 spiro atoms. The summed E-state index contributed by atoms with van der Waals surface area (Å²) in [6.07, 6.45) is 2.02. The summed E-state index contributed by atoms with van der Waals surface area (Å²) in [5.41, 5.74) is 6.87. The first-order chi connectivity index (χ1) is 14.6. The molecular formula is C22H18FN3O3S. The smallest absolute Gasteiger partial charge is 0.248 e. The highest BCUT2D eigenvalue weighted by molar-refractivity contribution is 7.17. The number of rotatable bonds is 8. The van der Waals surface area contributed by atoms with E-state index in [0.29, 0.717) is 53.3 Å². The summed E-state index contributed by atoms with van der Waals surface area (Å²) >= 11 is 1.42. The zero-order chi connectivity index (χ0) is 20.9. The number of primary amides is 1. The van der Waals surface area contributed by atoms with Crippen LogP contribution in [0.4, 0.5) is 4.39 Å². The largest absolute Gasteiger partial charge is 0.493 e. The van der Waals surface area contributed by atoms with E-state index in [2.05, 4.69) is 9.97 Å². The summed E-state index contributed by atoms with van der Waals surface area (Å²) in [7, 11) is 0. The molecule has 0 radical (unpaired) electrons. The van der Waals surface area contributed by atoms with Crippen LogP contribution in [0.15, 0.2) is 60.2 Å². The molecule has 0 aliphatic rings. The van der Waals surface area contributed by atoms with Gasteiger partial charge in [0.1, 0.15) is 22.7 Å². The van der Waals surface area contributed by atoms with E-state index in [9.17, 15) is 9.18 Å². The van der Waals surface area contributed by atoms with E-state index in [1.165, 1.54) is 23.7 Å². The van der Waals surface area contributed by atoms with Crippen LogP contribution in [0.5, 0.6) is 11.6 Å². The lowest BCUT2D eigenvalue weighted by atomic mass is 10.1. The Labute approximate surface area is 176 Å². The number of thiophene rings is 1. The zero-order valence-corrected chi connectivity index (χ0v) is 16.7. The minimum Gasteiger partial charge on any atom is -0.493 e. The lowest BCUT2D eigenvalue weighted by Crippen LogP contribution is -2.11. The summed E-state index contributed by atoms with van der Waals surface area (Å²) in [5.74, 6) is 0.169. The highest BCUT2D eigenvalue weighted by atomic mass is 32.1. The maximum atomic E-state index is 14.3. The van der Waals surface area contributed by atoms with Crippen LogP contribution in [-0.4, -0.2) is 29.1 Å². The van der Waals surface area contributed by atoms with Gasteiger partial charge in [0, 0.05) is 28.5 Å². The van der Waals surface area contributed by atoms with E-state index < -0.39 is 5.91 Å². The molecule has 30 heavy (non-hydrogen) atoms. The van der Waals surface area contributed by atoms with E-state index in [1.807, 2.05) is 5.38 Å². The van der Waals surface area contributed by atoms with Gasteiger partial charge in [0.15, 0.2) is 0 Å². The number of hydrogen-bond donors (Lipinski definition) is 1. The van der Waals surface area contributed by atoms with Crippen LogP contribution >= 0.6 is 11.3 Å². The molecule has 8 heteroatoms. The van der Waals surface area contributed by atoms with Gasteiger partial charge in [-0.1, -0.05) is 24.3 Å². The molecule has 2 heterocycles. The average molecular weight is 423 g/mol. The molecule has 0 bridgehead atoms. The topological polar surface area (TPSA) is 87.3 Å². The summed E-state index contributed by atoms with van der Waals surface area (Å²) in [6.45, 7) is 0.744. The van der Waals surface area contributed by atoms with Gasteiger partial charge in [0.25, 0.3) is 0 Å². The Balaban J connectivity index is 1.42. The van der Waals surface area contributed by atoms with Crippen molar-refractivity contribution in [1.82, 2.24) is 9.97 Å². The quantitative estimate of drug-likeness (QED) is 0.423. The van der Waals surface area contributed by atoms with Crippen LogP contribution in [0, 0.1) is 5.82 Å².